The topological polar surface area (TPSA) is 42.0 Å². The van der Waals surface area contributed by atoms with Gasteiger partial charge in [0.1, 0.15) is 0 Å². The Kier molecular flexibility index (Phi) is 4.31. The Hall–Kier alpha value is -2.42. The van der Waals surface area contributed by atoms with Gasteiger partial charge in [-0.25, -0.2) is 0 Å². The third-order valence-electron chi connectivity index (χ3n) is 3.23. The summed E-state index contributed by atoms with van der Waals surface area (Å²) in [7, 11) is 0. The van der Waals surface area contributed by atoms with Crippen molar-refractivity contribution in [1.29, 1.82) is 0 Å². The number of ketones is 1. The van der Waals surface area contributed by atoms with E-state index in [9.17, 15) is 4.79 Å². The highest BCUT2D eigenvalue weighted by atomic mass is 16.1. The van der Waals surface area contributed by atoms with Gasteiger partial charge >= 0.3 is 0 Å². The summed E-state index contributed by atoms with van der Waals surface area (Å²) in [6.07, 6.45) is 4.82. The van der Waals surface area contributed by atoms with Crippen LogP contribution in [0.1, 0.15) is 28.4 Å². The minimum absolute atomic E-state index is 0.0478. The van der Waals surface area contributed by atoms with Crippen LogP contribution in [0, 0.1) is 13.8 Å². The van der Waals surface area contributed by atoms with Gasteiger partial charge in [0.2, 0.25) is 0 Å². The Labute approximate surface area is 119 Å². The van der Waals surface area contributed by atoms with Crippen molar-refractivity contribution >= 4 is 11.5 Å². The number of aryl methyl sites for hydroxylation is 1. The van der Waals surface area contributed by atoms with E-state index in [0.717, 1.165) is 11.4 Å². The largest absolute Gasteiger partial charge is 0.359 e. The molecule has 0 aliphatic rings. The maximum atomic E-state index is 12.0. The highest BCUT2D eigenvalue weighted by Gasteiger charge is 2.04. The van der Waals surface area contributed by atoms with E-state index in [4.69, 9.17) is 0 Å². The summed E-state index contributed by atoms with van der Waals surface area (Å²) in [5.41, 5.74) is 4.84. The lowest BCUT2D eigenvalue weighted by atomic mass is 10.1. The molecule has 0 saturated heterocycles. The Morgan fingerprint density at radius 2 is 2.00 bits per heavy atom. The number of hydrogen-bond donors (Lipinski definition) is 1. The molecule has 0 aliphatic carbocycles. The molecular formula is C17H18N2O. The van der Waals surface area contributed by atoms with Gasteiger partial charge in [0.05, 0.1) is 0 Å². The predicted molar refractivity (Wildman–Crippen MR) is 81.9 cm³/mol. The fraction of sp³-hybridized carbons (Fsp3) is 0.176. The van der Waals surface area contributed by atoms with E-state index < -0.39 is 0 Å². The first-order valence-corrected chi connectivity index (χ1v) is 6.54. The lowest BCUT2D eigenvalue weighted by molar-refractivity contribution is 0.104. The van der Waals surface area contributed by atoms with Crippen LogP contribution in [0.2, 0.25) is 0 Å². The van der Waals surface area contributed by atoms with Gasteiger partial charge in [-0.3, -0.25) is 9.78 Å². The number of nitrogens with one attached hydrogen (secondary N) is 1. The zero-order chi connectivity index (χ0) is 14.5. The molecule has 0 saturated carbocycles. The SMILES string of the molecule is C/C(=C\C(=O)c1cccnc1)Nc1cccc(C)c1C. The summed E-state index contributed by atoms with van der Waals surface area (Å²) in [6.45, 7) is 6.02. The molecule has 1 aromatic heterocycles. The van der Waals surface area contributed by atoms with Crippen molar-refractivity contribution in [3.05, 3.63) is 71.2 Å². The third kappa shape index (κ3) is 3.32. The number of rotatable bonds is 4. The maximum absolute atomic E-state index is 12.0. The van der Waals surface area contributed by atoms with E-state index in [1.54, 1.807) is 30.6 Å². The predicted octanol–water partition coefficient (Wildman–Crippen LogP) is 3.90. The van der Waals surface area contributed by atoms with Crippen molar-refractivity contribution in [3.8, 4) is 0 Å². The molecule has 2 aromatic rings. The van der Waals surface area contributed by atoms with Crippen molar-refractivity contribution < 1.29 is 4.79 Å². The summed E-state index contributed by atoms with van der Waals surface area (Å²) in [5.74, 6) is -0.0478. The molecule has 0 unspecified atom stereocenters. The molecule has 102 valence electrons. The molecule has 0 radical (unpaired) electrons. The van der Waals surface area contributed by atoms with Crippen molar-refractivity contribution in [3.63, 3.8) is 0 Å². The molecule has 0 spiro atoms. The van der Waals surface area contributed by atoms with E-state index in [1.807, 2.05) is 19.1 Å². The van der Waals surface area contributed by atoms with E-state index in [0.29, 0.717) is 5.56 Å². The number of aromatic nitrogens is 1. The van der Waals surface area contributed by atoms with Crippen LogP contribution < -0.4 is 5.32 Å². The Morgan fingerprint density at radius 1 is 1.20 bits per heavy atom. The molecule has 3 heteroatoms. The second-order valence-corrected chi connectivity index (χ2v) is 4.81. The number of anilines is 1. The zero-order valence-electron chi connectivity index (χ0n) is 12.0. The smallest absolute Gasteiger partial charge is 0.189 e. The summed E-state index contributed by atoms with van der Waals surface area (Å²) in [4.78, 5) is 16.0. The van der Waals surface area contributed by atoms with Crippen LogP contribution in [0.4, 0.5) is 5.69 Å². The summed E-state index contributed by atoms with van der Waals surface area (Å²) < 4.78 is 0. The van der Waals surface area contributed by atoms with Crippen LogP contribution in [0.3, 0.4) is 0 Å². The first-order valence-electron chi connectivity index (χ1n) is 6.54. The number of hydrogen-bond acceptors (Lipinski definition) is 3. The quantitative estimate of drug-likeness (QED) is 0.674. The molecule has 1 N–H and O–H groups in total. The van der Waals surface area contributed by atoms with Crippen molar-refractivity contribution in [2.24, 2.45) is 0 Å². The van der Waals surface area contributed by atoms with Gasteiger partial charge in [-0.15, -0.1) is 0 Å². The van der Waals surface area contributed by atoms with Gasteiger partial charge in [0.25, 0.3) is 0 Å². The zero-order valence-corrected chi connectivity index (χ0v) is 12.0. The van der Waals surface area contributed by atoms with Gasteiger partial charge in [-0.2, -0.15) is 0 Å². The third-order valence-corrected chi connectivity index (χ3v) is 3.23. The second kappa shape index (κ2) is 6.15. The number of nitrogens with zero attached hydrogens (tertiary/aromatic N) is 1. The molecule has 2 rings (SSSR count). The molecule has 0 amide bonds. The maximum Gasteiger partial charge on any atom is 0.189 e. The highest BCUT2D eigenvalue weighted by Crippen LogP contribution is 2.19. The molecule has 0 fully saturated rings. The molecular weight excluding hydrogens is 248 g/mol. The van der Waals surface area contributed by atoms with Crippen LogP contribution in [0.15, 0.2) is 54.5 Å². The van der Waals surface area contributed by atoms with Gasteiger partial charge < -0.3 is 5.32 Å². The van der Waals surface area contributed by atoms with Gasteiger partial charge in [0, 0.05) is 35.4 Å². The summed E-state index contributed by atoms with van der Waals surface area (Å²) in [5, 5.41) is 3.27. The fourth-order valence-corrected chi connectivity index (χ4v) is 1.92. The molecule has 1 aromatic carbocycles. The van der Waals surface area contributed by atoms with Crippen LogP contribution in [-0.4, -0.2) is 10.8 Å². The molecule has 20 heavy (non-hydrogen) atoms. The lowest BCUT2D eigenvalue weighted by Crippen LogP contribution is -2.03. The van der Waals surface area contributed by atoms with E-state index in [2.05, 4.69) is 30.2 Å². The average molecular weight is 266 g/mol. The Bertz CT molecular complexity index is 645. The van der Waals surface area contributed by atoms with Crippen LogP contribution in [0.25, 0.3) is 0 Å². The summed E-state index contributed by atoms with van der Waals surface area (Å²) in [6, 6.07) is 9.60. The highest BCUT2D eigenvalue weighted by molar-refractivity contribution is 6.04. The van der Waals surface area contributed by atoms with E-state index in [-0.39, 0.29) is 5.78 Å². The monoisotopic (exact) mass is 266 g/mol. The second-order valence-electron chi connectivity index (χ2n) is 4.81. The number of benzene rings is 1. The molecule has 0 aliphatic heterocycles. The number of carbonyl (C=O) groups excluding carboxylic acids is 1. The molecule has 0 atom stereocenters. The normalized spacial score (nSPS) is 11.2. The van der Waals surface area contributed by atoms with Gasteiger partial charge in [0.15, 0.2) is 5.78 Å². The van der Waals surface area contributed by atoms with Crippen molar-refractivity contribution in [1.82, 2.24) is 4.98 Å². The number of pyridine rings is 1. The Balaban J connectivity index is 2.16. The van der Waals surface area contributed by atoms with Crippen molar-refractivity contribution in [2.45, 2.75) is 20.8 Å². The lowest BCUT2D eigenvalue weighted by Gasteiger charge is -2.11. The Morgan fingerprint density at radius 3 is 2.70 bits per heavy atom. The molecule has 3 nitrogen and oxygen atoms in total. The van der Waals surface area contributed by atoms with E-state index in [1.165, 1.54) is 11.1 Å². The number of carbonyl (C=O) groups is 1. The minimum atomic E-state index is -0.0478. The van der Waals surface area contributed by atoms with Crippen LogP contribution >= 0.6 is 0 Å². The molecule has 0 bridgehead atoms. The summed E-state index contributed by atoms with van der Waals surface area (Å²) >= 11 is 0. The first kappa shape index (κ1) is 14.0. The number of allylic oxidation sites excluding steroid dienone is 2. The van der Waals surface area contributed by atoms with Crippen LogP contribution in [0.5, 0.6) is 0 Å². The fourth-order valence-electron chi connectivity index (χ4n) is 1.92. The van der Waals surface area contributed by atoms with Crippen molar-refractivity contribution in [2.75, 3.05) is 5.32 Å². The van der Waals surface area contributed by atoms with Gasteiger partial charge in [-0.1, -0.05) is 12.1 Å². The van der Waals surface area contributed by atoms with E-state index >= 15 is 0 Å². The standard InChI is InChI=1S/C17H18N2O/c1-12-6-4-8-16(14(12)3)19-13(2)10-17(20)15-7-5-9-18-11-15/h4-11,19H,1-3H3/b13-10+. The molecule has 1 heterocycles. The van der Waals surface area contributed by atoms with Gasteiger partial charge in [-0.05, 0) is 50.1 Å². The first-order chi connectivity index (χ1) is 9.58. The minimum Gasteiger partial charge on any atom is -0.359 e. The average Bonchev–Trinajstić information content (AvgIpc) is 2.45. The van der Waals surface area contributed by atoms with Crippen LogP contribution in [-0.2, 0) is 0 Å².